The summed E-state index contributed by atoms with van der Waals surface area (Å²) in [6.07, 6.45) is -4.50. The van der Waals surface area contributed by atoms with Crippen molar-refractivity contribution in [2.45, 2.75) is 31.0 Å². The largest absolute Gasteiger partial charge is 0.405 e. The molecule has 0 radical (unpaired) electrons. The minimum Gasteiger partial charge on any atom is -0.343 e. The molecule has 0 aliphatic rings. The second kappa shape index (κ2) is 6.66. The Morgan fingerprint density at radius 2 is 1.73 bits per heavy atom. The molecule has 0 aliphatic heterocycles. The molecule has 124 valence electrons. The number of hydrogen-bond acceptors (Lipinski definition) is 3. The van der Waals surface area contributed by atoms with Gasteiger partial charge >= 0.3 is 6.18 Å². The van der Waals surface area contributed by atoms with Crippen molar-refractivity contribution in [2.24, 2.45) is 0 Å². The van der Waals surface area contributed by atoms with E-state index < -0.39 is 28.7 Å². The van der Waals surface area contributed by atoms with Crippen LogP contribution in [0.25, 0.3) is 0 Å². The van der Waals surface area contributed by atoms with E-state index in [2.05, 4.69) is 0 Å². The number of nitrogens with one attached hydrogen (secondary N) is 1. The first-order valence-electron chi connectivity index (χ1n) is 6.38. The molecule has 0 atom stereocenters. The van der Waals surface area contributed by atoms with Gasteiger partial charge in [-0.2, -0.15) is 17.5 Å². The Morgan fingerprint density at radius 1 is 1.23 bits per heavy atom. The second-order valence-electron chi connectivity index (χ2n) is 4.94. The third-order valence-corrected chi connectivity index (χ3v) is 5.02. The molecular formula is C13H17F3N2O3S. The van der Waals surface area contributed by atoms with Crippen LogP contribution in [0.2, 0.25) is 0 Å². The third-order valence-electron chi connectivity index (χ3n) is 2.97. The number of alkyl halides is 3. The molecule has 0 saturated carbocycles. The predicted octanol–water partition coefficient (Wildman–Crippen LogP) is 2.01. The average molecular weight is 338 g/mol. The molecule has 1 N–H and O–H groups in total. The fourth-order valence-corrected chi connectivity index (χ4v) is 2.87. The minimum absolute atomic E-state index is 0.0314. The van der Waals surface area contributed by atoms with Crippen molar-refractivity contribution in [3.8, 4) is 0 Å². The normalized spacial score (nSPS) is 12.7. The minimum atomic E-state index is -4.50. The van der Waals surface area contributed by atoms with E-state index in [9.17, 15) is 26.4 Å². The molecule has 0 aromatic heterocycles. The molecule has 1 aromatic carbocycles. The number of carbonyl (C=O) groups excluding carboxylic acids is 1. The third kappa shape index (κ3) is 4.70. The standard InChI is InChI=1S/C13H17F3N2O3S/c1-9(2)18(3)22(20,21)11-6-4-10(5-7-11)12(19)17-8-13(14,15)16/h4-7,9H,8H2,1-3H3,(H,17,19). The molecule has 1 rings (SSSR count). The van der Waals surface area contributed by atoms with Crippen molar-refractivity contribution in [1.29, 1.82) is 0 Å². The molecule has 0 fully saturated rings. The maximum atomic E-state index is 12.2. The van der Waals surface area contributed by atoms with E-state index in [4.69, 9.17) is 0 Å². The summed E-state index contributed by atoms with van der Waals surface area (Å²) < 4.78 is 61.6. The van der Waals surface area contributed by atoms with Crippen LogP contribution in [0, 0.1) is 0 Å². The fourth-order valence-electron chi connectivity index (χ4n) is 1.50. The van der Waals surface area contributed by atoms with Gasteiger partial charge in [0.05, 0.1) is 4.90 Å². The lowest BCUT2D eigenvalue weighted by Crippen LogP contribution is -2.34. The zero-order valence-electron chi connectivity index (χ0n) is 12.3. The van der Waals surface area contributed by atoms with E-state index >= 15 is 0 Å². The van der Waals surface area contributed by atoms with Crippen LogP contribution < -0.4 is 5.32 Å². The Hall–Kier alpha value is -1.61. The number of hydrogen-bond donors (Lipinski definition) is 1. The summed E-state index contributed by atoms with van der Waals surface area (Å²) in [5.74, 6) is -0.918. The highest BCUT2D eigenvalue weighted by Crippen LogP contribution is 2.17. The molecule has 1 aromatic rings. The van der Waals surface area contributed by atoms with Crippen LogP contribution in [-0.2, 0) is 10.0 Å². The number of benzene rings is 1. The topological polar surface area (TPSA) is 66.5 Å². The van der Waals surface area contributed by atoms with Crippen molar-refractivity contribution in [3.63, 3.8) is 0 Å². The summed E-state index contributed by atoms with van der Waals surface area (Å²) >= 11 is 0. The summed E-state index contributed by atoms with van der Waals surface area (Å²) in [6, 6.07) is 4.48. The average Bonchev–Trinajstić information content (AvgIpc) is 2.43. The van der Waals surface area contributed by atoms with Crippen LogP contribution in [0.15, 0.2) is 29.2 Å². The molecule has 5 nitrogen and oxygen atoms in total. The summed E-state index contributed by atoms with van der Waals surface area (Å²) in [6.45, 7) is 1.97. The van der Waals surface area contributed by atoms with Gasteiger partial charge in [-0.1, -0.05) is 0 Å². The van der Waals surface area contributed by atoms with E-state index in [0.717, 1.165) is 4.31 Å². The maximum Gasteiger partial charge on any atom is 0.405 e. The Labute approximate surface area is 127 Å². The Kier molecular flexibility index (Phi) is 5.58. The SMILES string of the molecule is CC(C)N(C)S(=O)(=O)c1ccc(C(=O)NCC(F)(F)F)cc1. The molecule has 0 bridgehead atoms. The van der Waals surface area contributed by atoms with Crippen LogP contribution in [-0.4, -0.2) is 44.4 Å². The number of sulfonamides is 1. The van der Waals surface area contributed by atoms with Gasteiger partial charge < -0.3 is 5.32 Å². The first kappa shape index (κ1) is 18.4. The van der Waals surface area contributed by atoms with Crippen LogP contribution in [0.1, 0.15) is 24.2 Å². The lowest BCUT2D eigenvalue weighted by atomic mass is 10.2. The quantitative estimate of drug-likeness (QED) is 0.893. The molecule has 1 amide bonds. The van der Waals surface area contributed by atoms with Gasteiger partial charge in [-0.05, 0) is 38.1 Å². The number of carbonyl (C=O) groups is 1. The number of halogens is 3. The van der Waals surface area contributed by atoms with Gasteiger partial charge in [0.2, 0.25) is 10.0 Å². The fraction of sp³-hybridized carbons (Fsp3) is 0.462. The summed E-state index contributed by atoms with van der Waals surface area (Å²) in [5, 5.41) is 1.71. The highest BCUT2D eigenvalue weighted by Gasteiger charge is 2.28. The van der Waals surface area contributed by atoms with Crippen LogP contribution >= 0.6 is 0 Å². The molecule has 0 saturated heterocycles. The first-order chi connectivity index (χ1) is 9.95. The Balaban J connectivity index is 2.89. The highest BCUT2D eigenvalue weighted by atomic mass is 32.2. The Morgan fingerprint density at radius 3 is 2.14 bits per heavy atom. The molecule has 0 spiro atoms. The van der Waals surface area contributed by atoms with Gasteiger partial charge in [-0.3, -0.25) is 4.79 Å². The molecule has 0 heterocycles. The summed E-state index contributed by atoms with van der Waals surface area (Å²) in [4.78, 5) is 11.5. The van der Waals surface area contributed by atoms with Crippen LogP contribution in [0.4, 0.5) is 13.2 Å². The van der Waals surface area contributed by atoms with E-state index in [0.29, 0.717) is 0 Å². The van der Waals surface area contributed by atoms with Gasteiger partial charge in [-0.15, -0.1) is 0 Å². The van der Waals surface area contributed by atoms with Gasteiger partial charge in [0.1, 0.15) is 6.54 Å². The second-order valence-corrected chi connectivity index (χ2v) is 6.93. The zero-order valence-corrected chi connectivity index (χ0v) is 13.1. The first-order valence-corrected chi connectivity index (χ1v) is 7.82. The smallest absolute Gasteiger partial charge is 0.343 e. The van der Waals surface area contributed by atoms with Crippen molar-refractivity contribution in [1.82, 2.24) is 9.62 Å². The lowest BCUT2D eigenvalue weighted by molar-refractivity contribution is -0.123. The van der Waals surface area contributed by atoms with Crippen molar-refractivity contribution >= 4 is 15.9 Å². The van der Waals surface area contributed by atoms with E-state index in [1.165, 1.54) is 31.3 Å². The molecule has 9 heteroatoms. The van der Waals surface area contributed by atoms with Gasteiger partial charge in [-0.25, -0.2) is 8.42 Å². The van der Waals surface area contributed by atoms with Gasteiger partial charge in [0, 0.05) is 18.7 Å². The van der Waals surface area contributed by atoms with E-state index in [1.54, 1.807) is 19.2 Å². The molecule has 22 heavy (non-hydrogen) atoms. The van der Waals surface area contributed by atoms with Crippen molar-refractivity contribution in [3.05, 3.63) is 29.8 Å². The molecular weight excluding hydrogens is 321 g/mol. The van der Waals surface area contributed by atoms with E-state index in [-0.39, 0.29) is 16.5 Å². The summed E-state index contributed by atoms with van der Waals surface area (Å²) in [7, 11) is -2.27. The Bertz CT molecular complexity index is 625. The number of rotatable bonds is 5. The lowest BCUT2D eigenvalue weighted by Gasteiger charge is -2.21. The zero-order chi connectivity index (χ0) is 17.1. The summed E-state index contributed by atoms with van der Waals surface area (Å²) in [5.41, 5.74) is -0.0459. The van der Waals surface area contributed by atoms with Crippen molar-refractivity contribution < 1.29 is 26.4 Å². The molecule has 0 aliphatic carbocycles. The maximum absolute atomic E-state index is 12.2. The van der Waals surface area contributed by atoms with Crippen LogP contribution in [0.5, 0.6) is 0 Å². The number of nitrogens with zero attached hydrogens (tertiary/aromatic N) is 1. The molecule has 0 unspecified atom stereocenters. The van der Waals surface area contributed by atoms with Gasteiger partial charge in [0.15, 0.2) is 0 Å². The van der Waals surface area contributed by atoms with E-state index in [1.807, 2.05) is 0 Å². The van der Waals surface area contributed by atoms with Crippen LogP contribution in [0.3, 0.4) is 0 Å². The highest BCUT2D eigenvalue weighted by molar-refractivity contribution is 7.89. The van der Waals surface area contributed by atoms with Gasteiger partial charge in [0.25, 0.3) is 5.91 Å². The van der Waals surface area contributed by atoms with Crippen molar-refractivity contribution in [2.75, 3.05) is 13.6 Å². The predicted molar refractivity (Wildman–Crippen MR) is 74.9 cm³/mol. The monoisotopic (exact) mass is 338 g/mol. The number of amides is 1.